The van der Waals surface area contributed by atoms with Crippen LogP contribution in [0.4, 0.5) is 0 Å². The number of oxime groups is 1. The summed E-state index contributed by atoms with van der Waals surface area (Å²) in [6, 6.07) is 7.58. The van der Waals surface area contributed by atoms with Crippen molar-refractivity contribution >= 4 is 17.4 Å². The second-order valence-electron chi connectivity index (χ2n) is 3.93. The molecule has 1 aromatic carbocycles. The summed E-state index contributed by atoms with van der Waals surface area (Å²) in [5, 5.41) is 15.7. The lowest BCUT2D eigenvalue weighted by molar-refractivity contribution is 0.313. The molecule has 1 unspecified atom stereocenters. The fourth-order valence-corrected chi connectivity index (χ4v) is 1.76. The first-order valence-corrected chi connectivity index (χ1v) is 5.95. The van der Waals surface area contributed by atoms with Gasteiger partial charge in [0.2, 0.25) is 0 Å². The van der Waals surface area contributed by atoms with E-state index in [-0.39, 0.29) is 17.9 Å². The maximum absolute atomic E-state index is 8.66. The lowest BCUT2D eigenvalue weighted by Crippen LogP contribution is -2.42. The zero-order valence-corrected chi connectivity index (χ0v) is 10.8. The predicted octanol–water partition coefficient (Wildman–Crippen LogP) is 2.52. The van der Waals surface area contributed by atoms with Gasteiger partial charge in [0.25, 0.3) is 0 Å². The van der Waals surface area contributed by atoms with E-state index < -0.39 is 0 Å². The normalized spacial score (nSPS) is 15.6. The van der Waals surface area contributed by atoms with E-state index in [1.807, 2.05) is 38.1 Å². The Morgan fingerprint density at radius 3 is 2.53 bits per heavy atom. The molecular weight excluding hydrogens is 238 g/mol. The van der Waals surface area contributed by atoms with E-state index in [2.05, 4.69) is 10.5 Å². The van der Waals surface area contributed by atoms with Crippen molar-refractivity contribution in [1.82, 2.24) is 5.32 Å². The number of nitrogens with two attached hydrogens (primary N) is 1. The molecule has 94 valence electrons. The summed E-state index contributed by atoms with van der Waals surface area (Å²) in [7, 11) is 0. The fraction of sp³-hybridized carbons (Fsp3) is 0.417. The molecule has 0 saturated heterocycles. The molecule has 0 amide bonds. The van der Waals surface area contributed by atoms with Crippen molar-refractivity contribution in [3.63, 3.8) is 0 Å². The molecule has 1 aromatic rings. The summed E-state index contributed by atoms with van der Waals surface area (Å²) in [5.74, 6) is 0.202. The molecule has 0 fully saturated rings. The van der Waals surface area contributed by atoms with Gasteiger partial charge in [-0.05, 0) is 31.0 Å². The standard InChI is InChI=1S/C12H18ClN3O/c1-3-11(12(14)16-17)15-8(2)9-4-6-10(13)7-5-9/h4-8,11,15,17H,3H2,1-2H3,(H2,14,16)/t8-,11?/m0/s1. The zero-order chi connectivity index (χ0) is 12.8. The van der Waals surface area contributed by atoms with Crippen LogP contribution < -0.4 is 11.1 Å². The molecule has 0 aliphatic carbocycles. The van der Waals surface area contributed by atoms with Crippen LogP contribution in [-0.4, -0.2) is 17.1 Å². The predicted molar refractivity (Wildman–Crippen MR) is 70.5 cm³/mol. The van der Waals surface area contributed by atoms with Crippen LogP contribution >= 0.6 is 11.6 Å². The van der Waals surface area contributed by atoms with Gasteiger partial charge in [-0.3, -0.25) is 0 Å². The van der Waals surface area contributed by atoms with Crippen molar-refractivity contribution in [2.75, 3.05) is 0 Å². The number of nitrogens with one attached hydrogen (secondary N) is 1. The number of halogens is 1. The molecule has 0 radical (unpaired) electrons. The highest BCUT2D eigenvalue weighted by molar-refractivity contribution is 6.30. The van der Waals surface area contributed by atoms with Gasteiger partial charge in [-0.15, -0.1) is 0 Å². The Kier molecular flexibility index (Phi) is 5.25. The van der Waals surface area contributed by atoms with Gasteiger partial charge in [-0.1, -0.05) is 35.8 Å². The number of amidine groups is 1. The van der Waals surface area contributed by atoms with Crippen molar-refractivity contribution in [3.8, 4) is 0 Å². The maximum Gasteiger partial charge on any atom is 0.156 e. The average Bonchev–Trinajstić information content (AvgIpc) is 2.35. The van der Waals surface area contributed by atoms with Crippen molar-refractivity contribution < 1.29 is 5.21 Å². The van der Waals surface area contributed by atoms with E-state index in [1.54, 1.807) is 0 Å². The Morgan fingerprint density at radius 2 is 2.06 bits per heavy atom. The molecule has 0 aliphatic heterocycles. The maximum atomic E-state index is 8.66. The van der Waals surface area contributed by atoms with E-state index in [0.29, 0.717) is 5.02 Å². The highest BCUT2D eigenvalue weighted by Gasteiger charge is 2.15. The van der Waals surface area contributed by atoms with Gasteiger partial charge in [0.1, 0.15) is 0 Å². The van der Waals surface area contributed by atoms with Crippen LogP contribution in [0.15, 0.2) is 29.4 Å². The van der Waals surface area contributed by atoms with Crippen LogP contribution in [0.3, 0.4) is 0 Å². The third kappa shape index (κ3) is 3.91. The summed E-state index contributed by atoms with van der Waals surface area (Å²) in [6.45, 7) is 4.00. The SMILES string of the molecule is CCC(N[C@@H](C)c1ccc(Cl)cc1)/C(N)=N/O. The third-order valence-electron chi connectivity index (χ3n) is 2.70. The Bertz CT molecular complexity index is 378. The minimum Gasteiger partial charge on any atom is -0.409 e. The van der Waals surface area contributed by atoms with Crippen molar-refractivity contribution in [1.29, 1.82) is 0 Å². The summed E-state index contributed by atoms with van der Waals surface area (Å²) in [6.07, 6.45) is 0.758. The van der Waals surface area contributed by atoms with Crippen molar-refractivity contribution in [2.45, 2.75) is 32.4 Å². The van der Waals surface area contributed by atoms with E-state index in [9.17, 15) is 0 Å². The molecular formula is C12H18ClN3O. The molecule has 0 saturated carbocycles. The van der Waals surface area contributed by atoms with Gasteiger partial charge in [0, 0.05) is 11.1 Å². The van der Waals surface area contributed by atoms with Gasteiger partial charge < -0.3 is 16.3 Å². The Labute approximate surface area is 106 Å². The minimum absolute atomic E-state index is 0.109. The summed E-state index contributed by atoms with van der Waals surface area (Å²) < 4.78 is 0. The van der Waals surface area contributed by atoms with Crippen molar-refractivity contribution in [3.05, 3.63) is 34.9 Å². The summed E-state index contributed by atoms with van der Waals surface area (Å²) >= 11 is 5.83. The molecule has 5 heteroatoms. The molecule has 1 rings (SSSR count). The van der Waals surface area contributed by atoms with Gasteiger partial charge in [0.05, 0.1) is 6.04 Å². The number of hydrogen-bond donors (Lipinski definition) is 3. The summed E-state index contributed by atoms with van der Waals surface area (Å²) in [4.78, 5) is 0. The third-order valence-corrected chi connectivity index (χ3v) is 2.95. The van der Waals surface area contributed by atoms with E-state index in [1.165, 1.54) is 0 Å². The van der Waals surface area contributed by atoms with E-state index in [0.717, 1.165) is 12.0 Å². The monoisotopic (exact) mass is 255 g/mol. The first kappa shape index (κ1) is 13.8. The zero-order valence-electron chi connectivity index (χ0n) is 10.0. The van der Waals surface area contributed by atoms with Gasteiger partial charge >= 0.3 is 0 Å². The number of hydrogen-bond acceptors (Lipinski definition) is 3. The minimum atomic E-state index is -0.134. The molecule has 0 aliphatic rings. The lowest BCUT2D eigenvalue weighted by atomic mass is 10.1. The smallest absolute Gasteiger partial charge is 0.156 e. The fourth-order valence-electron chi connectivity index (χ4n) is 1.63. The first-order valence-electron chi connectivity index (χ1n) is 5.57. The van der Waals surface area contributed by atoms with Gasteiger partial charge in [0.15, 0.2) is 5.84 Å². The largest absolute Gasteiger partial charge is 0.409 e. The van der Waals surface area contributed by atoms with Gasteiger partial charge in [-0.25, -0.2) is 0 Å². The van der Waals surface area contributed by atoms with Crippen molar-refractivity contribution in [2.24, 2.45) is 10.9 Å². The number of rotatable bonds is 5. The van der Waals surface area contributed by atoms with Crippen LogP contribution in [0, 0.1) is 0 Å². The first-order chi connectivity index (χ1) is 8.08. The molecule has 2 atom stereocenters. The van der Waals surface area contributed by atoms with E-state index in [4.69, 9.17) is 22.5 Å². The average molecular weight is 256 g/mol. The molecule has 0 bridgehead atoms. The molecule has 0 aromatic heterocycles. The highest BCUT2D eigenvalue weighted by Crippen LogP contribution is 2.16. The molecule has 4 N–H and O–H groups in total. The van der Waals surface area contributed by atoms with Crippen LogP contribution in [0.25, 0.3) is 0 Å². The Balaban J connectivity index is 2.70. The Hall–Kier alpha value is -1.26. The van der Waals surface area contributed by atoms with Crippen LogP contribution in [0.2, 0.25) is 5.02 Å². The second-order valence-corrected chi connectivity index (χ2v) is 4.36. The van der Waals surface area contributed by atoms with E-state index >= 15 is 0 Å². The Morgan fingerprint density at radius 1 is 1.47 bits per heavy atom. The van der Waals surface area contributed by atoms with Crippen LogP contribution in [0.5, 0.6) is 0 Å². The lowest BCUT2D eigenvalue weighted by Gasteiger charge is -2.21. The molecule has 0 heterocycles. The highest BCUT2D eigenvalue weighted by atomic mass is 35.5. The summed E-state index contributed by atoms with van der Waals surface area (Å²) in [5.41, 5.74) is 6.70. The van der Waals surface area contributed by atoms with Crippen LogP contribution in [-0.2, 0) is 0 Å². The quantitative estimate of drug-likeness (QED) is 0.328. The molecule has 4 nitrogen and oxygen atoms in total. The number of benzene rings is 1. The number of nitrogens with zero attached hydrogens (tertiary/aromatic N) is 1. The molecule has 0 spiro atoms. The van der Waals surface area contributed by atoms with Gasteiger partial charge in [-0.2, -0.15) is 0 Å². The van der Waals surface area contributed by atoms with Crippen LogP contribution in [0.1, 0.15) is 31.9 Å². The second kappa shape index (κ2) is 6.47. The topological polar surface area (TPSA) is 70.6 Å². The molecule has 17 heavy (non-hydrogen) atoms.